The number of carboxylic acid groups (broad SMARTS) is 1. The van der Waals surface area contributed by atoms with Gasteiger partial charge in [0, 0.05) is 25.2 Å². The van der Waals surface area contributed by atoms with E-state index in [-0.39, 0.29) is 19.0 Å². The maximum Gasteiger partial charge on any atom is 0.394 e. The lowest BCUT2D eigenvalue weighted by atomic mass is 10.0. The van der Waals surface area contributed by atoms with Crippen molar-refractivity contribution in [2.45, 2.75) is 117 Å². The summed E-state index contributed by atoms with van der Waals surface area (Å²) in [5.74, 6) is -2.52. The number of rotatable bonds is 20. The molecule has 0 aliphatic heterocycles. The highest BCUT2D eigenvalue weighted by atomic mass is 16.4. The number of aliphatic carboxylic acids is 1. The van der Waals surface area contributed by atoms with E-state index in [1.165, 1.54) is 74.7 Å². The number of amides is 2. The molecule has 0 saturated carbocycles. The van der Waals surface area contributed by atoms with Gasteiger partial charge < -0.3 is 15.3 Å². The maximum atomic E-state index is 12.5. The van der Waals surface area contributed by atoms with Crippen LogP contribution >= 0.6 is 0 Å². The monoisotopic (exact) mass is 550 g/mol. The standard InChI is InChI=1S/C34H50N2O4/c1-3-5-7-8-9-10-11-12-13-15-25-35-32(37)31-23-21-30(22-24-31)27-36(33(38)34(39)40)26-29-19-17-28(18-20-29)16-14-6-4-2/h17-24H,3-16,25-27H2,1-2H3,(H,35,37)(H,39,40). The first-order valence-corrected chi connectivity index (χ1v) is 15.4. The molecule has 2 aromatic carbocycles. The zero-order chi connectivity index (χ0) is 29.0. The van der Waals surface area contributed by atoms with Gasteiger partial charge in [-0.25, -0.2) is 4.79 Å². The number of carbonyl (C=O) groups excluding carboxylic acids is 2. The summed E-state index contributed by atoms with van der Waals surface area (Å²) in [6.07, 6.45) is 17.1. The molecule has 6 nitrogen and oxygen atoms in total. The van der Waals surface area contributed by atoms with Gasteiger partial charge in [0.15, 0.2) is 0 Å². The van der Waals surface area contributed by atoms with Gasteiger partial charge in [-0.1, -0.05) is 121 Å². The number of carbonyl (C=O) groups is 3. The Hall–Kier alpha value is -3.15. The van der Waals surface area contributed by atoms with E-state index >= 15 is 0 Å². The quantitative estimate of drug-likeness (QED) is 0.131. The molecule has 40 heavy (non-hydrogen) atoms. The highest BCUT2D eigenvalue weighted by Gasteiger charge is 2.21. The average molecular weight is 551 g/mol. The van der Waals surface area contributed by atoms with E-state index < -0.39 is 11.9 Å². The Bertz CT molecular complexity index is 1000. The van der Waals surface area contributed by atoms with Crippen LogP contribution in [0.25, 0.3) is 0 Å². The lowest BCUT2D eigenvalue weighted by molar-refractivity contribution is -0.156. The minimum atomic E-state index is -1.47. The Morgan fingerprint density at radius 3 is 1.60 bits per heavy atom. The smallest absolute Gasteiger partial charge is 0.394 e. The molecular weight excluding hydrogens is 500 g/mol. The maximum absolute atomic E-state index is 12.5. The molecule has 0 fully saturated rings. The predicted molar refractivity (Wildman–Crippen MR) is 162 cm³/mol. The molecule has 2 amide bonds. The minimum absolute atomic E-state index is 0.111. The first-order valence-electron chi connectivity index (χ1n) is 15.4. The average Bonchev–Trinajstić information content (AvgIpc) is 2.96. The second kappa shape index (κ2) is 19.8. The minimum Gasteiger partial charge on any atom is -0.474 e. The summed E-state index contributed by atoms with van der Waals surface area (Å²) in [5, 5.41) is 12.3. The van der Waals surface area contributed by atoms with Crippen LogP contribution in [0.1, 0.15) is 124 Å². The molecule has 2 aromatic rings. The van der Waals surface area contributed by atoms with Gasteiger partial charge in [-0.15, -0.1) is 0 Å². The summed E-state index contributed by atoms with van der Waals surface area (Å²) in [6.45, 7) is 5.45. The Balaban J connectivity index is 1.78. The number of hydrogen-bond donors (Lipinski definition) is 2. The number of hydrogen-bond acceptors (Lipinski definition) is 3. The summed E-state index contributed by atoms with van der Waals surface area (Å²) >= 11 is 0. The van der Waals surface area contributed by atoms with Gasteiger partial charge in [0.25, 0.3) is 5.91 Å². The van der Waals surface area contributed by atoms with Gasteiger partial charge in [-0.3, -0.25) is 9.59 Å². The Morgan fingerprint density at radius 2 is 1.07 bits per heavy atom. The summed E-state index contributed by atoms with van der Waals surface area (Å²) in [4.78, 5) is 37.7. The van der Waals surface area contributed by atoms with Crippen LogP contribution in [0.2, 0.25) is 0 Å². The first kappa shape index (κ1) is 33.1. The van der Waals surface area contributed by atoms with Crippen LogP contribution in [0.5, 0.6) is 0 Å². The van der Waals surface area contributed by atoms with E-state index in [0.717, 1.165) is 36.8 Å². The van der Waals surface area contributed by atoms with Gasteiger partial charge >= 0.3 is 11.9 Å². The molecule has 0 aliphatic rings. The molecule has 0 spiro atoms. The molecule has 0 unspecified atom stereocenters. The molecule has 0 bridgehead atoms. The van der Waals surface area contributed by atoms with E-state index in [0.29, 0.717) is 12.1 Å². The van der Waals surface area contributed by atoms with E-state index in [1.807, 2.05) is 12.1 Å². The zero-order valence-electron chi connectivity index (χ0n) is 24.8. The Labute approximate surface area is 241 Å². The van der Waals surface area contributed by atoms with Crippen molar-refractivity contribution in [3.63, 3.8) is 0 Å². The largest absolute Gasteiger partial charge is 0.474 e. The number of carboxylic acids is 1. The van der Waals surface area contributed by atoms with E-state index in [4.69, 9.17) is 0 Å². The topological polar surface area (TPSA) is 86.7 Å². The molecule has 0 atom stereocenters. The lowest BCUT2D eigenvalue weighted by Gasteiger charge is -2.21. The molecule has 220 valence electrons. The normalized spacial score (nSPS) is 10.8. The third-order valence-corrected chi connectivity index (χ3v) is 7.34. The predicted octanol–water partition coefficient (Wildman–Crippen LogP) is 7.68. The second-order valence-corrected chi connectivity index (χ2v) is 10.9. The SMILES string of the molecule is CCCCCCCCCCCCNC(=O)c1ccc(CN(Cc2ccc(CCCCC)cc2)C(=O)C(=O)O)cc1. The molecular formula is C34H50N2O4. The van der Waals surface area contributed by atoms with Crippen molar-refractivity contribution in [2.75, 3.05) is 6.54 Å². The highest BCUT2D eigenvalue weighted by Crippen LogP contribution is 2.15. The van der Waals surface area contributed by atoms with Crippen molar-refractivity contribution < 1.29 is 19.5 Å². The van der Waals surface area contributed by atoms with Crippen LogP contribution in [0, 0.1) is 0 Å². The second-order valence-electron chi connectivity index (χ2n) is 10.9. The number of nitrogens with one attached hydrogen (secondary N) is 1. The third-order valence-electron chi connectivity index (χ3n) is 7.34. The Morgan fingerprint density at radius 1 is 0.625 bits per heavy atom. The van der Waals surface area contributed by atoms with Crippen molar-refractivity contribution in [2.24, 2.45) is 0 Å². The van der Waals surface area contributed by atoms with E-state index in [1.54, 1.807) is 24.3 Å². The molecule has 6 heteroatoms. The van der Waals surface area contributed by atoms with Crippen LogP contribution in [0.3, 0.4) is 0 Å². The van der Waals surface area contributed by atoms with Gasteiger partial charge in [0.2, 0.25) is 0 Å². The number of unbranched alkanes of at least 4 members (excludes halogenated alkanes) is 11. The van der Waals surface area contributed by atoms with E-state index in [2.05, 4.69) is 31.3 Å². The first-order chi connectivity index (χ1) is 19.4. The van der Waals surface area contributed by atoms with Crippen LogP contribution in [0.4, 0.5) is 0 Å². The Kier molecular flexibility index (Phi) is 16.4. The van der Waals surface area contributed by atoms with Crippen LogP contribution < -0.4 is 5.32 Å². The lowest BCUT2D eigenvalue weighted by Crippen LogP contribution is -2.35. The molecule has 0 saturated heterocycles. The molecule has 2 N–H and O–H groups in total. The zero-order valence-corrected chi connectivity index (χ0v) is 24.8. The van der Waals surface area contributed by atoms with Crippen LogP contribution in [-0.2, 0) is 29.1 Å². The van der Waals surface area contributed by atoms with Crippen molar-refractivity contribution >= 4 is 17.8 Å². The molecule has 0 heterocycles. The highest BCUT2D eigenvalue weighted by molar-refractivity contribution is 6.31. The summed E-state index contributed by atoms with van der Waals surface area (Å²) in [5.41, 5.74) is 3.47. The van der Waals surface area contributed by atoms with Crippen molar-refractivity contribution in [1.29, 1.82) is 0 Å². The third kappa shape index (κ3) is 13.3. The van der Waals surface area contributed by atoms with Gasteiger partial charge in [0.1, 0.15) is 0 Å². The van der Waals surface area contributed by atoms with Gasteiger partial charge in [0.05, 0.1) is 0 Å². The molecule has 0 radical (unpaired) electrons. The summed E-state index contributed by atoms with van der Waals surface area (Å²) < 4.78 is 0. The van der Waals surface area contributed by atoms with Crippen molar-refractivity contribution in [3.05, 3.63) is 70.8 Å². The van der Waals surface area contributed by atoms with Gasteiger partial charge in [-0.2, -0.15) is 0 Å². The molecule has 0 aliphatic carbocycles. The van der Waals surface area contributed by atoms with Crippen LogP contribution in [-0.4, -0.2) is 34.3 Å². The van der Waals surface area contributed by atoms with Crippen molar-refractivity contribution in [1.82, 2.24) is 10.2 Å². The summed E-state index contributed by atoms with van der Waals surface area (Å²) in [6, 6.07) is 15.1. The molecule has 2 rings (SSSR count). The summed E-state index contributed by atoms with van der Waals surface area (Å²) in [7, 11) is 0. The number of aryl methyl sites for hydroxylation is 1. The van der Waals surface area contributed by atoms with Crippen molar-refractivity contribution in [3.8, 4) is 0 Å². The van der Waals surface area contributed by atoms with Crippen LogP contribution in [0.15, 0.2) is 48.5 Å². The fraction of sp³-hybridized carbons (Fsp3) is 0.559. The fourth-order valence-electron chi connectivity index (χ4n) is 4.84. The molecule has 0 aromatic heterocycles. The number of nitrogens with zero attached hydrogens (tertiary/aromatic N) is 1. The van der Waals surface area contributed by atoms with E-state index in [9.17, 15) is 19.5 Å². The number of benzene rings is 2. The fourth-order valence-corrected chi connectivity index (χ4v) is 4.84. The van der Waals surface area contributed by atoms with Gasteiger partial charge in [-0.05, 0) is 48.1 Å².